The molecule has 144 valence electrons. The summed E-state index contributed by atoms with van der Waals surface area (Å²) in [6, 6.07) is 6.43. The van der Waals surface area contributed by atoms with Crippen LogP contribution in [0, 0.1) is 25.2 Å². The van der Waals surface area contributed by atoms with E-state index in [2.05, 4.69) is 50.9 Å². The first-order valence-corrected chi connectivity index (χ1v) is 9.88. The number of hydrogen-bond acceptors (Lipinski definition) is 3. The fraction of sp³-hybridized carbons (Fsp3) is 0.522. The second kappa shape index (κ2) is 7.41. The van der Waals surface area contributed by atoms with Crippen molar-refractivity contribution in [3.63, 3.8) is 0 Å². The summed E-state index contributed by atoms with van der Waals surface area (Å²) < 4.78 is 0. The molecule has 0 aliphatic heterocycles. The van der Waals surface area contributed by atoms with Crippen molar-refractivity contribution >= 4 is 28.2 Å². The number of nitrogens with zero attached hydrogens (tertiary/aromatic N) is 1. The Balaban J connectivity index is 1.85. The molecular weight excluding hydrogens is 336 g/mol. The molecule has 4 heteroatoms. The molecule has 1 aromatic carbocycles. The highest BCUT2D eigenvalue weighted by Gasteiger charge is 2.40. The molecule has 4 nitrogen and oxygen atoms in total. The minimum Gasteiger partial charge on any atom is -0.358 e. The molecule has 0 bridgehead atoms. The van der Waals surface area contributed by atoms with Gasteiger partial charge >= 0.3 is 0 Å². The largest absolute Gasteiger partial charge is 0.358 e. The molecule has 27 heavy (non-hydrogen) atoms. The summed E-state index contributed by atoms with van der Waals surface area (Å²) in [6.07, 6.45) is 2.38. The van der Waals surface area contributed by atoms with Gasteiger partial charge < -0.3 is 4.98 Å². The van der Waals surface area contributed by atoms with Crippen molar-refractivity contribution in [2.24, 2.45) is 16.3 Å². The van der Waals surface area contributed by atoms with Gasteiger partial charge in [0.05, 0.1) is 0 Å². The molecule has 1 heterocycles. The molecule has 0 unspecified atom stereocenters. The molecule has 1 aliphatic rings. The Morgan fingerprint density at radius 2 is 2.00 bits per heavy atom. The van der Waals surface area contributed by atoms with Gasteiger partial charge in [-0.3, -0.25) is 14.6 Å². The Morgan fingerprint density at radius 1 is 1.26 bits per heavy atom. The first kappa shape index (κ1) is 19.5. The van der Waals surface area contributed by atoms with Gasteiger partial charge in [-0.2, -0.15) is 0 Å². The van der Waals surface area contributed by atoms with Crippen LogP contribution in [-0.2, 0) is 16.0 Å². The molecule has 1 aliphatic carbocycles. The van der Waals surface area contributed by atoms with E-state index < -0.39 is 5.92 Å². The maximum atomic E-state index is 12.6. The highest BCUT2D eigenvalue weighted by atomic mass is 16.2. The summed E-state index contributed by atoms with van der Waals surface area (Å²) >= 11 is 0. The van der Waals surface area contributed by atoms with Crippen LogP contribution in [0.15, 0.2) is 23.2 Å². The van der Waals surface area contributed by atoms with Crippen molar-refractivity contribution < 1.29 is 9.59 Å². The highest BCUT2D eigenvalue weighted by molar-refractivity contribution is 6.22. The lowest BCUT2D eigenvalue weighted by Crippen LogP contribution is -2.42. The van der Waals surface area contributed by atoms with Gasteiger partial charge in [-0.25, -0.2) is 0 Å². The number of rotatable bonds is 5. The van der Waals surface area contributed by atoms with E-state index in [0.717, 1.165) is 29.8 Å². The summed E-state index contributed by atoms with van der Waals surface area (Å²) in [7, 11) is 0. The number of aliphatic imine (C=N–C) groups is 1. The van der Waals surface area contributed by atoms with E-state index in [-0.39, 0.29) is 17.0 Å². The quantitative estimate of drug-likeness (QED) is 0.776. The standard InChI is InChI=1S/C23H30N2O2/c1-6-20(26)22-19(12-23(4,5)13-21(22)27)24-10-9-16-15(3)25-18-8-7-14(2)11-17(16)18/h7-8,11,22,25H,6,9-10,12-13H2,1-5H3/t22-/m1/s1. The topological polar surface area (TPSA) is 62.3 Å². The molecule has 1 N–H and O–H groups in total. The van der Waals surface area contributed by atoms with Crippen molar-refractivity contribution in [3.05, 3.63) is 35.0 Å². The van der Waals surface area contributed by atoms with Crippen LogP contribution in [0.25, 0.3) is 10.9 Å². The minimum atomic E-state index is -0.616. The molecule has 3 rings (SSSR count). The van der Waals surface area contributed by atoms with Gasteiger partial charge in [0.15, 0.2) is 0 Å². The van der Waals surface area contributed by atoms with Crippen LogP contribution in [0.3, 0.4) is 0 Å². The number of nitrogens with one attached hydrogen (secondary N) is 1. The summed E-state index contributed by atoms with van der Waals surface area (Å²) in [6.45, 7) is 10.8. The van der Waals surface area contributed by atoms with Crippen molar-refractivity contribution in [2.75, 3.05) is 6.54 Å². The molecule has 1 saturated carbocycles. The van der Waals surface area contributed by atoms with Crippen molar-refractivity contribution in [1.29, 1.82) is 0 Å². The molecule has 0 radical (unpaired) electrons. The lowest BCUT2D eigenvalue weighted by atomic mass is 9.69. The summed E-state index contributed by atoms with van der Waals surface area (Å²) in [4.78, 5) is 33.2. The van der Waals surface area contributed by atoms with Crippen LogP contribution in [-0.4, -0.2) is 28.8 Å². The third kappa shape index (κ3) is 4.05. The maximum absolute atomic E-state index is 12.6. The second-order valence-electron chi connectivity index (χ2n) is 8.64. The first-order valence-electron chi connectivity index (χ1n) is 9.88. The molecular formula is C23H30N2O2. The number of aryl methyl sites for hydroxylation is 2. The number of hydrogen-bond donors (Lipinski definition) is 1. The number of benzene rings is 1. The predicted octanol–water partition coefficient (Wildman–Crippen LogP) is 4.75. The third-order valence-electron chi connectivity index (χ3n) is 5.59. The van der Waals surface area contributed by atoms with E-state index in [9.17, 15) is 9.59 Å². The van der Waals surface area contributed by atoms with Crippen molar-refractivity contribution in [2.45, 2.75) is 60.3 Å². The van der Waals surface area contributed by atoms with Crippen LogP contribution in [0.4, 0.5) is 0 Å². The zero-order chi connectivity index (χ0) is 19.8. The molecule has 1 aromatic heterocycles. The van der Waals surface area contributed by atoms with E-state index in [1.807, 2.05) is 6.92 Å². The molecule has 0 amide bonds. The molecule has 2 aromatic rings. The number of carbonyl (C=O) groups is 2. The normalized spacial score (nSPS) is 21.1. The Bertz CT molecular complexity index is 918. The van der Waals surface area contributed by atoms with E-state index in [0.29, 0.717) is 19.4 Å². The number of ketones is 2. The first-order chi connectivity index (χ1) is 12.7. The summed E-state index contributed by atoms with van der Waals surface area (Å²) in [5.41, 5.74) is 5.50. The second-order valence-corrected chi connectivity index (χ2v) is 8.64. The number of H-pyrrole nitrogens is 1. The van der Waals surface area contributed by atoms with Crippen molar-refractivity contribution in [1.82, 2.24) is 4.98 Å². The van der Waals surface area contributed by atoms with E-state index in [4.69, 9.17) is 4.99 Å². The molecule has 0 spiro atoms. The molecule has 0 saturated heterocycles. The van der Waals surface area contributed by atoms with E-state index in [1.165, 1.54) is 16.5 Å². The van der Waals surface area contributed by atoms with Crippen LogP contribution >= 0.6 is 0 Å². The number of Topliss-reactive ketones (excluding diaryl/α,β-unsaturated/α-hetero) is 2. The Kier molecular flexibility index (Phi) is 5.36. The predicted molar refractivity (Wildman–Crippen MR) is 111 cm³/mol. The SMILES string of the molecule is CCC(=O)[C@@H]1C(=O)CC(C)(C)CC1=NCCc1c(C)[nH]c2ccc(C)cc12. The molecule has 1 atom stereocenters. The Hall–Kier alpha value is -2.23. The van der Waals surface area contributed by atoms with Gasteiger partial charge in [0.1, 0.15) is 17.5 Å². The number of aromatic nitrogens is 1. The van der Waals surface area contributed by atoms with Gasteiger partial charge in [0.2, 0.25) is 0 Å². The number of aromatic amines is 1. The van der Waals surface area contributed by atoms with Gasteiger partial charge in [-0.1, -0.05) is 32.4 Å². The maximum Gasteiger partial charge on any atom is 0.149 e. The van der Waals surface area contributed by atoms with Crippen molar-refractivity contribution in [3.8, 4) is 0 Å². The fourth-order valence-electron chi connectivity index (χ4n) is 4.26. The van der Waals surface area contributed by atoms with Gasteiger partial charge in [-0.15, -0.1) is 0 Å². The highest BCUT2D eigenvalue weighted by Crippen LogP contribution is 2.35. The van der Waals surface area contributed by atoms with E-state index in [1.54, 1.807) is 0 Å². The van der Waals surface area contributed by atoms with Crippen LogP contribution in [0.1, 0.15) is 56.9 Å². The summed E-state index contributed by atoms with van der Waals surface area (Å²) in [5, 5.41) is 1.24. The fourth-order valence-corrected chi connectivity index (χ4v) is 4.26. The average Bonchev–Trinajstić information content (AvgIpc) is 2.88. The average molecular weight is 367 g/mol. The smallest absolute Gasteiger partial charge is 0.149 e. The molecule has 1 fully saturated rings. The Labute approximate surface area is 161 Å². The third-order valence-corrected chi connectivity index (χ3v) is 5.59. The minimum absolute atomic E-state index is 0.00755. The number of carbonyl (C=O) groups excluding carboxylic acids is 2. The Morgan fingerprint density at radius 3 is 2.70 bits per heavy atom. The van der Waals surface area contributed by atoms with Gasteiger partial charge in [-0.05, 0) is 49.8 Å². The number of fused-ring (bicyclic) bond motifs is 1. The monoisotopic (exact) mass is 366 g/mol. The van der Waals surface area contributed by atoms with Gasteiger partial charge in [0, 0.05) is 41.7 Å². The van der Waals surface area contributed by atoms with Crippen LogP contribution < -0.4 is 0 Å². The van der Waals surface area contributed by atoms with Crippen LogP contribution in [0.5, 0.6) is 0 Å². The van der Waals surface area contributed by atoms with Crippen LogP contribution in [0.2, 0.25) is 0 Å². The van der Waals surface area contributed by atoms with Gasteiger partial charge in [0.25, 0.3) is 0 Å². The van der Waals surface area contributed by atoms with E-state index >= 15 is 0 Å². The lowest BCUT2D eigenvalue weighted by Gasteiger charge is -2.34. The zero-order valence-corrected chi connectivity index (χ0v) is 17.1. The zero-order valence-electron chi connectivity index (χ0n) is 17.1. The summed E-state index contributed by atoms with van der Waals surface area (Å²) in [5.74, 6) is -0.571. The lowest BCUT2D eigenvalue weighted by molar-refractivity contribution is -0.131.